The van der Waals surface area contributed by atoms with Gasteiger partial charge in [0.1, 0.15) is 5.75 Å². The van der Waals surface area contributed by atoms with Gasteiger partial charge >= 0.3 is 0 Å². The number of aryl methyl sites for hydroxylation is 1. The summed E-state index contributed by atoms with van der Waals surface area (Å²) in [5, 5.41) is 8.39. The van der Waals surface area contributed by atoms with Gasteiger partial charge in [-0.1, -0.05) is 23.9 Å². The molecule has 0 fully saturated rings. The summed E-state index contributed by atoms with van der Waals surface area (Å²) in [6, 6.07) is 7.81. The summed E-state index contributed by atoms with van der Waals surface area (Å²) in [5.74, 6) is 1.39. The van der Waals surface area contributed by atoms with Crippen LogP contribution in [0.15, 0.2) is 33.9 Å². The zero-order valence-corrected chi connectivity index (χ0v) is 11.1. The van der Waals surface area contributed by atoms with Crippen molar-refractivity contribution in [3.63, 3.8) is 0 Å². The van der Waals surface area contributed by atoms with E-state index in [0.717, 1.165) is 11.3 Å². The molecule has 2 aromatic rings. The van der Waals surface area contributed by atoms with Crippen LogP contribution in [-0.4, -0.2) is 23.9 Å². The second-order valence-electron chi connectivity index (χ2n) is 3.70. The smallest absolute Gasteiger partial charge is 0.277 e. The molecule has 0 bridgehead atoms. The third-order valence-corrected chi connectivity index (χ3v) is 3.57. The van der Waals surface area contributed by atoms with Gasteiger partial charge in [0.05, 0.1) is 12.4 Å². The second kappa shape index (κ2) is 5.88. The Morgan fingerprint density at radius 3 is 2.56 bits per heavy atom. The van der Waals surface area contributed by atoms with Crippen LogP contribution in [0.5, 0.6) is 5.75 Å². The molecule has 0 spiro atoms. The highest BCUT2D eigenvalue weighted by Crippen LogP contribution is 2.34. The van der Waals surface area contributed by atoms with Gasteiger partial charge in [0.25, 0.3) is 5.22 Å². The van der Waals surface area contributed by atoms with Crippen LogP contribution in [-0.2, 0) is 0 Å². The Hall–Kier alpha value is -1.53. The van der Waals surface area contributed by atoms with Gasteiger partial charge in [-0.05, 0) is 17.7 Å². The maximum atomic E-state index is 5.79. The van der Waals surface area contributed by atoms with Crippen LogP contribution >= 0.6 is 11.8 Å². The van der Waals surface area contributed by atoms with E-state index in [1.807, 2.05) is 24.3 Å². The lowest BCUT2D eigenvalue weighted by Gasteiger charge is -2.12. The average molecular weight is 265 g/mol. The van der Waals surface area contributed by atoms with E-state index in [2.05, 4.69) is 10.2 Å². The first-order valence-electron chi connectivity index (χ1n) is 5.53. The Balaban J connectivity index is 2.12. The molecule has 96 valence electrons. The molecule has 0 aliphatic heterocycles. The van der Waals surface area contributed by atoms with Gasteiger partial charge in [-0.2, -0.15) is 0 Å². The van der Waals surface area contributed by atoms with Crippen molar-refractivity contribution < 1.29 is 9.15 Å². The van der Waals surface area contributed by atoms with Crippen LogP contribution in [0.2, 0.25) is 0 Å². The normalized spacial score (nSPS) is 12.4. The van der Waals surface area contributed by atoms with Gasteiger partial charge < -0.3 is 14.9 Å². The number of ether oxygens (including phenoxy) is 1. The van der Waals surface area contributed by atoms with E-state index in [1.54, 1.807) is 14.0 Å². The SMILES string of the molecule is COc1ccc(C(CN)Sc2nnc(C)o2)cc1. The van der Waals surface area contributed by atoms with Crippen LogP contribution in [0.25, 0.3) is 0 Å². The minimum Gasteiger partial charge on any atom is -0.497 e. The lowest BCUT2D eigenvalue weighted by molar-refractivity contribution is 0.414. The van der Waals surface area contributed by atoms with Crippen molar-refractivity contribution in [2.45, 2.75) is 17.4 Å². The molecular formula is C12H15N3O2S. The topological polar surface area (TPSA) is 74.2 Å². The number of methoxy groups -OCH3 is 1. The number of thioether (sulfide) groups is 1. The van der Waals surface area contributed by atoms with Crippen molar-refractivity contribution in [1.29, 1.82) is 0 Å². The van der Waals surface area contributed by atoms with E-state index in [-0.39, 0.29) is 5.25 Å². The van der Waals surface area contributed by atoms with Gasteiger partial charge in [0, 0.05) is 13.5 Å². The molecule has 6 heteroatoms. The minimum atomic E-state index is 0.0933. The number of rotatable bonds is 5. The van der Waals surface area contributed by atoms with E-state index in [0.29, 0.717) is 17.7 Å². The van der Waals surface area contributed by atoms with Gasteiger partial charge in [0.15, 0.2) is 0 Å². The molecule has 0 amide bonds. The summed E-state index contributed by atoms with van der Waals surface area (Å²) < 4.78 is 10.5. The van der Waals surface area contributed by atoms with Crippen molar-refractivity contribution in [3.8, 4) is 5.75 Å². The maximum absolute atomic E-state index is 5.79. The van der Waals surface area contributed by atoms with Crippen LogP contribution in [0.4, 0.5) is 0 Å². The summed E-state index contributed by atoms with van der Waals surface area (Å²) in [4.78, 5) is 0. The van der Waals surface area contributed by atoms with Gasteiger partial charge in [-0.15, -0.1) is 10.2 Å². The second-order valence-corrected chi connectivity index (χ2v) is 4.86. The van der Waals surface area contributed by atoms with E-state index in [1.165, 1.54) is 11.8 Å². The molecule has 1 aromatic heterocycles. The van der Waals surface area contributed by atoms with Crippen LogP contribution < -0.4 is 10.5 Å². The van der Waals surface area contributed by atoms with Crippen LogP contribution in [0.1, 0.15) is 16.7 Å². The fourth-order valence-electron chi connectivity index (χ4n) is 1.52. The van der Waals surface area contributed by atoms with E-state index < -0.39 is 0 Å². The highest BCUT2D eigenvalue weighted by molar-refractivity contribution is 7.99. The number of hydrogen-bond acceptors (Lipinski definition) is 6. The summed E-state index contributed by atoms with van der Waals surface area (Å²) in [6.07, 6.45) is 0. The lowest BCUT2D eigenvalue weighted by Crippen LogP contribution is -2.09. The van der Waals surface area contributed by atoms with E-state index >= 15 is 0 Å². The Morgan fingerprint density at radius 1 is 1.33 bits per heavy atom. The average Bonchev–Trinajstić information content (AvgIpc) is 2.82. The Kier molecular flexibility index (Phi) is 4.22. The van der Waals surface area contributed by atoms with Crippen LogP contribution in [0, 0.1) is 6.92 Å². The number of nitrogens with two attached hydrogens (primary N) is 1. The van der Waals surface area contributed by atoms with Crippen molar-refractivity contribution >= 4 is 11.8 Å². The first kappa shape index (κ1) is 12.9. The van der Waals surface area contributed by atoms with Gasteiger partial charge in [-0.3, -0.25) is 0 Å². The fourth-order valence-corrected chi connectivity index (χ4v) is 2.41. The molecule has 0 radical (unpaired) electrons. The Bertz CT molecular complexity index is 498. The zero-order chi connectivity index (χ0) is 13.0. The molecule has 2 N–H and O–H groups in total. The molecule has 18 heavy (non-hydrogen) atoms. The maximum Gasteiger partial charge on any atom is 0.277 e. The molecular weight excluding hydrogens is 250 g/mol. The zero-order valence-electron chi connectivity index (χ0n) is 10.3. The third-order valence-electron chi connectivity index (χ3n) is 2.45. The molecule has 1 aromatic carbocycles. The highest BCUT2D eigenvalue weighted by atomic mass is 32.2. The predicted octanol–water partition coefficient (Wildman–Crippen LogP) is 2.18. The summed E-state index contributed by atoms with van der Waals surface area (Å²) >= 11 is 1.47. The molecule has 1 atom stereocenters. The summed E-state index contributed by atoms with van der Waals surface area (Å²) in [5.41, 5.74) is 6.90. The predicted molar refractivity (Wildman–Crippen MR) is 69.7 cm³/mol. The van der Waals surface area contributed by atoms with Crippen molar-refractivity contribution in [2.75, 3.05) is 13.7 Å². The number of benzene rings is 1. The molecule has 0 saturated carbocycles. The van der Waals surface area contributed by atoms with Crippen molar-refractivity contribution in [2.24, 2.45) is 5.73 Å². The van der Waals surface area contributed by atoms with Crippen LogP contribution in [0.3, 0.4) is 0 Å². The Morgan fingerprint density at radius 2 is 2.06 bits per heavy atom. The van der Waals surface area contributed by atoms with Gasteiger partial charge in [-0.25, -0.2) is 0 Å². The number of nitrogens with zero attached hydrogens (tertiary/aromatic N) is 2. The summed E-state index contributed by atoms with van der Waals surface area (Å²) in [6.45, 7) is 2.26. The molecule has 0 aliphatic rings. The fraction of sp³-hybridized carbons (Fsp3) is 0.333. The third kappa shape index (κ3) is 3.02. The number of hydrogen-bond donors (Lipinski definition) is 1. The largest absolute Gasteiger partial charge is 0.497 e. The minimum absolute atomic E-state index is 0.0933. The first-order valence-corrected chi connectivity index (χ1v) is 6.41. The molecule has 0 saturated heterocycles. The first-order chi connectivity index (χ1) is 8.72. The number of aromatic nitrogens is 2. The van der Waals surface area contributed by atoms with E-state index in [9.17, 15) is 0 Å². The molecule has 2 rings (SSSR count). The molecule has 5 nitrogen and oxygen atoms in total. The quantitative estimate of drug-likeness (QED) is 0.835. The highest BCUT2D eigenvalue weighted by Gasteiger charge is 2.15. The molecule has 0 aliphatic carbocycles. The van der Waals surface area contributed by atoms with Crippen molar-refractivity contribution in [1.82, 2.24) is 10.2 Å². The molecule has 1 unspecified atom stereocenters. The Labute approximate surface area is 110 Å². The standard InChI is InChI=1S/C12H15N3O2S/c1-8-14-15-12(17-8)18-11(7-13)9-3-5-10(16-2)6-4-9/h3-6,11H,7,13H2,1-2H3. The molecule has 1 heterocycles. The van der Waals surface area contributed by atoms with Crippen molar-refractivity contribution in [3.05, 3.63) is 35.7 Å². The lowest BCUT2D eigenvalue weighted by atomic mass is 10.1. The van der Waals surface area contributed by atoms with Gasteiger partial charge in [0.2, 0.25) is 5.89 Å². The summed E-state index contributed by atoms with van der Waals surface area (Å²) in [7, 11) is 1.64. The van der Waals surface area contributed by atoms with E-state index in [4.69, 9.17) is 14.9 Å². The monoisotopic (exact) mass is 265 g/mol.